The molecule has 31 heavy (non-hydrogen) atoms. The van der Waals surface area contributed by atoms with Crippen molar-refractivity contribution in [1.82, 2.24) is 21.3 Å². The van der Waals surface area contributed by atoms with Crippen molar-refractivity contribution in [3.05, 3.63) is 0 Å². The largest absolute Gasteiger partial charge is 2.00 e. The van der Waals surface area contributed by atoms with Crippen LogP contribution in [0, 0.1) is 0 Å². The standard InChI is InChI=1S/2C7H14N2O3S3.Ba/c2*10-6-4-15(11,12)3-5(6)8-1-2-9-7(13)14;/h2*5-6,8,10H,1-4H2,(H2,9,13,14);/q;;+2/p-2. The summed E-state index contributed by atoms with van der Waals surface area (Å²) >= 11 is 18.5. The molecule has 0 spiro atoms. The van der Waals surface area contributed by atoms with Gasteiger partial charge in [0.2, 0.25) is 0 Å². The van der Waals surface area contributed by atoms with Gasteiger partial charge in [-0.2, -0.15) is 0 Å². The predicted octanol–water partition coefficient (Wildman–Crippen LogP) is -4.07. The van der Waals surface area contributed by atoms with Crippen LogP contribution in [0.2, 0.25) is 0 Å². The zero-order valence-electron chi connectivity index (χ0n) is 16.7. The quantitative estimate of drug-likeness (QED) is 0.0639. The van der Waals surface area contributed by atoms with Gasteiger partial charge in [0.05, 0.1) is 35.2 Å². The van der Waals surface area contributed by atoms with Crippen LogP contribution in [0.5, 0.6) is 0 Å². The third-order valence-corrected chi connectivity index (χ3v) is 8.26. The van der Waals surface area contributed by atoms with Gasteiger partial charge >= 0.3 is 48.9 Å². The third kappa shape index (κ3) is 14.5. The molecule has 17 heteroatoms. The van der Waals surface area contributed by atoms with Crippen LogP contribution in [0.15, 0.2) is 0 Å². The van der Waals surface area contributed by atoms with Crippen LogP contribution in [-0.2, 0) is 44.9 Å². The SMILES string of the molecule is O=S1(=O)CC(O)C(NCCNC(=S)[S-])C1.O=S1(=O)CC(O)C(NCCNC(=S)[S-])C1.[Ba+2]. The van der Waals surface area contributed by atoms with Crippen molar-refractivity contribution in [3.8, 4) is 0 Å². The minimum atomic E-state index is -3.08. The normalized spacial score (nSPS) is 27.9. The number of nitrogens with one attached hydrogen (secondary N) is 4. The number of hydrogen-bond acceptors (Lipinski definition) is 12. The van der Waals surface area contributed by atoms with Crippen molar-refractivity contribution in [1.29, 1.82) is 0 Å². The van der Waals surface area contributed by atoms with Crippen LogP contribution < -0.4 is 21.3 Å². The van der Waals surface area contributed by atoms with Gasteiger partial charge in [-0.3, -0.25) is 0 Å². The van der Waals surface area contributed by atoms with Gasteiger partial charge in [0.15, 0.2) is 19.7 Å². The fourth-order valence-electron chi connectivity index (χ4n) is 2.89. The van der Waals surface area contributed by atoms with Gasteiger partial charge in [0, 0.05) is 38.3 Å². The predicted molar refractivity (Wildman–Crippen MR) is 135 cm³/mol. The monoisotopic (exact) mass is 676 g/mol. The van der Waals surface area contributed by atoms with Crippen LogP contribution in [-0.4, -0.2) is 158 Å². The van der Waals surface area contributed by atoms with Crippen molar-refractivity contribution in [2.75, 3.05) is 49.2 Å². The molecule has 0 aromatic carbocycles. The number of thiocarbonyl (C=S) groups is 2. The fourth-order valence-corrected chi connectivity index (χ4v) is 6.85. The Bertz CT molecular complexity index is 733. The maximum absolute atomic E-state index is 11.1. The Morgan fingerprint density at radius 3 is 1.29 bits per heavy atom. The van der Waals surface area contributed by atoms with E-state index in [0.29, 0.717) is 26.2 Å². The first-order valence-corrected chi connectivity index (χ1v) is 14.2. The van der Waals surface area contributed by atoms with E-state index in [1.807, 2.05) is 0 Å². The molecular weight excluding hydrogens is 650 g/mol. The number of rotatable bonds is 8. The Morgan fingerprint density at radius 2 is 1.06 bits per heavy atom. The van der Waals surface area contributed by atoms with E-state index >= 15 is 0 Å². The topological polar surface area (TPSA) is 157 Å². The molecule has 2 aliphatic heterocycles. The van der Waals surface area contributed by atoms with Crippen molar-refractivity contribution >= 4 is 127 Å². The molecule has 0 amide bonds. The maximum Gasteiger partial charge on any atom is 2.00 e. The third-order valence-electron chi connectivity index (χ3n) is 4.25. The average Bonchev–Trinajstić information content (AvgIpc) is 3.01. The molecular formula is C14H26BaN4O6S6. The van der Waals surface area contributed by atoms with Gasteiger partial charge in [-0.1, -0.05) is 8.64 Å². The molecule has 10 nitrogen and oxygen atoms in total. The number of aliphatic hydroxyl groups is 2. The van der Waals surface area contributed by atoms with Crippen molar-refractivity contribution in [3.63, 3.8) is 0 Å². The van der Waals surface area contributed by atoms with Crippen LogP contribution >= 0.6 is 24.4 Å². The second-order valence-electron chi connectivity index (χ2n) is 6.84. The Balaban J connectivity index is 0.000000562. The van der Waals surface area contributed by atoms with Gasteiger partial charge in [-0.05, 0) is 0 Å². The van der Waals surface area contributed by atoms with E-state index in [-0.39, 0.29) is 92.6 Å². The van der Waals surface area contributed by atoms with E-state index in [0.717, 1.165) is 0 Å². The summed E-state index contributed by atoms with van der Waals surface area (Å²) in [5, 5.41) is 30.3. The first-order valence-electron chi connectivity index (χ1n) is 8.95. The molecule has 4 atom stereocenters. The minimum Gasteiger partial charge on any atom is -0.412 e. The summed E-state index contributed by atoms with van der Waals surface area (Å²) in [6.07, 6.45) is -1.63. The van der Waals surface area contributed by atoms with Gasteiger partial charge in [0.1, 0.15) is 0 Å². The van der Waals surface area contributed by atoms with Crippen LogP contribution in [0.4, 0.5) is 0 Å². The molecule has 0 aromatic rings. The molecule has 2 aliphatic rings. The van der Waals surface area contributed by atoms with Crippen molar-refractivity contribution in [2.24, 2.45) is 0 Å². The van der Waals surface area contributed by atoms with E-state index in [4.69, 9.17) is 0 Å². The molecule has 0 aromatic heterocycles. The molecule has 0 saturated carbocycles. The summed E-state index contributed by atoms with van der Waals surface area (Å²) in [6.45, 7) is 2.11. The van der Waals surface area contributed by atoms with Crippen molar-refractivity contribution in [2.45, 2.75) is 24.3 Å². The van der Waals surface area contributed by atoms with Crippen LogP contribution in [0.25, 0.3) is 0 Å². The van der Waals surface area contributed by atoms with E-state index in [2.05, 4.69) is 71.0 Å². The van der Waals surface area contributed by atoms with E-state index < -0.39 is 31.9 Å². The maximum atomic E-state index is 11.1. The summed E-state index contributed by atoms with van der Waals surface area (Å²) in [7, 11) is -6.15. The molecule has 0 bridgehead atoms. The van der Waals surface area contributed by atoms with Gasteiger partial charge < -0.3 is 81.2 Å². The number of sulfone groups is 2. The van der Waals surface area contributed by atoms with E-state index in [1.54, 1.807) is 0 Å². The zero-order chi connectivity index (χ0) is 22.9. The molecule has 2 rings (SSSR count). The first-order chi connectivity index (χ1) is 13.8. The van der Waals surface area contributed by atoms with Crippen LogP contribution in [0.1, 0.15) is 0 Å². The molecule has 2 saturated heterocycles. The summed E-state index contributed by atoms with van der Waals surface area (Å²) in [4.78, 5) is 0. The van der Waals surface area contributed by atoms with Gasteiger partial charge in [0.25, 0.3) is 0 Å². The zero-order valence-corrected chi connectivity index (χ0v) is 26.0. The molecule has 4 unspecified atom stereocenters. The Hall–Kier alpha value is 1.53. The summed E-state index contributed by atoms with van der Waals surface area (Å²) in [5.74, 6) is -0.325. The summed E-state index contributed by atoms with van der Waals surface area (Å²) < 4.78 is 45.1. The molecule has 6 N–H and O–H groups in total. The smallest absolute Gasteiger partial charge is 0.412 e. The van der Waals surface area contributed by atoms with E-state index in [1.165, 1.54) is 0 Å². The fraction of sp³-hybridized carbons (Fsp3) is 0.857. The number of hydrogen-bond donors (Lipinski definition) is 6. The summed E-state index contributed by atoms with van der Waals surface area (Å²) in [5.41, 5.74) is 0. The van der Waals surface area contributed by atoms with Gasteiger partial charge in [-0.15, -0.1) is 0 Å². The first kappa shape index (κ1) is 32.5. The van der Waals surface area contributed by atoms with Crippen LogP contribution in [0.3, 0.4) is 0 Å². The molecule has 2 heterocycles. The van der Waals surface area contributed by atoms with E-state index in [9.17, 15) is 27.0 Å². The Labute approximate surface area is 245 Å². The molecule has 176 valence electrons. The molecule has 0 aliphatic carbocycles. The second-order valence-corrected chi connectivity index (χ2v) is 13.3. The minimum absolute atomic E-state index is 0. The average molecular weight is 676 g/mol. The van der Waals surface area contributed by atoms with Gasteiger partial charge in [-0.25, -0.2) is 16.8 Å². The number of aliphatic hydroxyl groups excluding tert-OH is 2. The molecule has 2 fully saturated rings. The second kappa shape index (κ2) is 15.5. The molecule has 0 radical (unpaired) electrons. The summed E-state index contributed by atoms with van der Waals surface area (Å²) in [6, 6.07) is -0.758. The Kier molecular flexibility index (Phi) is 16.3. The Morgan fingerprint density at radius 1 is 0.742 bits per heavy atom. The van der Waals surface area contributed by atoms with Crippen molar-refractivity contribution < 1.29 is 27.0 Å².